The van der Waals surface area contributed by atoms with Crippen molar-refractivity contribution < 1.29 is 0 Å². The SMILES string of the molecule is C=CCCCC1=C([C@@H]2CC=CCC2)N[C@@H](n2c3c(c4c5ccccc5c(-c5cccc(-c6cc(C(/C=C\C)=C(\C)C=C)cc7ccccc67)c5)cc42)CCCC3)N=C1C. The number of unbranched alkanes of at least 4 members (excludes halogenated alkanes) is 1. The molecule has 0 saturated heterocycles. The highest BCUT2D eigenvalue weighted by Gasteiger charge is 2.32. The maximum absolute atomic E-state index is 5.56. The summed E-state index contributed by atoms with van der Waals surface area (Å²) in [7, 11) is 0. The Morgan fingerprint density at radius 1 is 0.864 bits per heavy atom. The normalized spacial score (nSPS) is 18.6. The van der Waals surface area contributed by atoms with Crippen molar-refractivity contribution in [3.8, 4) is 22.3 Å². The number of aryl methyl sites for hydroxylation is 1. The maximum atomic E-state index is 5.56. The fourth-order valence-corrected chi connectivity index (χ4v) is 10.2. The molecule has 0 radical (unpaired) electrons. The molecule has 1 N–H and O–H groups in total. The third-order valence-corrected chi connectivity index (χ3v) is 13.2. The molecule has 0 fully saturated rings. The average molecular weight is 772 g/mol. The lowest BCUT2D eigenvalue weighted by molar-refractivity contribution is 0.396. The molecule has 0 unspecified atom stereocenters. The first-order valence-electron chi connectivity index (χ1n) is 22.0. The van der Waals surface area contributed by atoms with Crippen molar-refractivity contribution in [3.05, 3.63) is 174 Å². The van der Waals surface area contributed by atoms with Gasteiger partial charge in [-0.25, -0.2) is 4.99 Å². The summed E-state index contributed by atoms with van der Waals surface area (Å²) in [5.74, 6) is 0.489. The van der Waals surface area contributed by atoms with Crippen LogP contribution in [0.1, 0.15) is 95.2 Å². The molecule has 1 aromatic heterocycles. The number of nitrogens with one attached hydrogen (secondary N) is 1. The van der Waals surface area contributed by atoms with E-state index in [1.807, 2.05) is 12.2 Å². The molecule has 3 nitrogen and oxygen atoms in total. The Balaban J connectivity index is 1.23. The lowest BCUT2D eigenvalue weighted by atomic mass is 9.86. The molecule has 5 aromatic carbocycles. The standard InChI is InChI=1S/C56H57N3/c1-6-9-11-27-45-38(5)57-56(58-55(45)39-22-12-10-13-23-39)59-52-32-19-18-31-49(52)54-48-30-17-16-29-47(48)51(36-53(54)59)42-26-20-25-41(33-42)50-35-43(44(21-7-2)37(4)8-3)34-40-24-14-15-28-46(40)50/h6-8,10,12,14-17,20-21,24-26,28-30,33-36,39,56,58H,1,3,9,11,13,18-19,22-23,27,31-32H2,2,4-5H3/b21-7-,44-37+/t39-,56+/m1/s1. The van der Waals surface area contributed by atoms with E-state index in [1.54, 1.807) is 0 Å². The van der Waals surface area contributed by atoms with Gasteiger partial charge in [0.25, 0.3) is 0 Å². The fourth-order valence-electron chi connectivity index (χ4n) is 10.2. The largest absolute Gasteiger partial charge is 0.349 e. The zero-order valence-electron chi connectivity index (χ0n) is 35.2. The number of fused-ring (bicyclic) bond motifs is 6. The molecular weight excluding hydrogens is 715 g/mol. The van der Waals surface area contributed by atoms with Crippen LogP contribution in [0.3, 0.4) is 0 Å². The molecule has 3 aliphatic rings. The Labute approximate surface area is 351 Å². The number of nitrogens with zero attached hydrogens (tertiary/aromatic N) is 2. The zero-order chi connectivity index (χ0) is 40.5. The summed E-state index contributed by atoms with van der Waals surface area (Å²) in [5.41, 5.74) is 16.8. The number of allylic oxidation sites excluding steroid dienone is 10. The van der Waals surface area contributed by atoms with Crippen LogP contribution in [0.25, 0.3) is 60.3 Å². The second-order valence-corrected chi connectivity index (χ2v) is 16.8. The second-order valence-electron chi connectivity index (χ2n) is 16.8. The summed E-state index contributed by atoms with van der Waals surface area (Å²) in [6.07, 6.45) is 24.1. The molecule has 59 heavy (non-hydrogen) atoms. The van der Waals surface area contributed by atoms with E-state index < -0.39 is 0 Å². The van der Waals surface area contributed by atoms with Crippen LogP contribution in [0, 0.1) is 5.92 Å². The molecular formula is C56H57N3. The molecule has 0 bridgehead atoms. The van der Waals surface area contributed by atoms with Gasteiger partial charge in [0, 0.05) is 28.4 Å². The van der Waals surface area contributed by atoms with E-state index in [0.29, 0.717) is 5.92 Å². The molecule has 2 heterocycles. The Hall–Kier alpha value is -5.93. The lowest BCUT2D eigenvalue weighted by Crippen LogP contribution is -2.36. The van der Waals surface area contributed by atoms with Crippen LogP contribution in [-0.2, 0) is 12.8 Å². The van der Waals surface area contributed by atoms with Gasteiger partial charge in [-0.1, -0.05) is 110 Å². The number of hydrogen-bond donors (Lipinski definition) is 1. The number of rotatable bonds is 11. The monoisotopic (exact) mass is 771 g/mol. The van der Waals surface area contributed by atoms with Gasteiger partial charge in [-0.05, 0) is 181 Å². The Kier molecular flexibility index (Phi) is 10.9. The number of hydrogen-bond acceptors (Lipinski definition) is 2. The zero-order valence-corrected chi connectivity index (χ0v) is 35.2. The van der Waals surface area contributed by atoms with Crippen LogP contribution in [0.15, 0.2) is 162 Å². The minimum absolute atomic E-state index is 0.184. The van der Waals surface area contributed by atoms with E-state index in [4.69, 9.17) is 4.99 Å². The second kappa shape index (κ2) is 16.7. The molecule has 296 valence electrons. The van der Waals surface area contributed by atoms with E-state index in [9.17, 15) is 0 Å². The van der Waals surface area contributed by atoms with Gasteiger partial charge < -0.3 is 9.88 Å². The highest BCUT2D eigenvalue weighted by atomic mass is 15.3. The third kappa shape index (κ3) is 7.16. The summed E-state index contributed by atoms with van der Waals surface area (Å²) in [6, 6.07) is 34.4. The highest BCUT2D eigenvalue weighted by Crippen LogP contribution is 2.45. The van der Waals surface area contributed by atoms with Gasteiger partial charge in [0.15, 0.2) is 0 Å². The van der Waals surface area contributed by atoms with Crippen molar-refractivity contribution in [2.24, 2.45) is 10.9 Å². The first-order chi connectivity index (χ1) is 29.0. The van der Waals surface area contributed by atoms with E-state index in [1.165, 1.54) is 113 Å². The molecule has 0 saturated carbocycles. The summed E-state index contributed by atoms with van der Waals surface area (Å²) in [4.78, 5) is 5.56. The summed E-state index contributed by atoms with van der Waals surface area (Å²) >= 11 is 0. The Bertz CT molecular complexity index is 2780. The number of aliphatic imine (C=N–C) groups is 1. The van der Waals surface area contributed by atoms with Crippen molar-refractivity contribution in [3.63, 3.8) is 0 Å². The molecule has 3 heteroatoms. The fraction of sp³-hybridized carbons (Fsp3) is 0.268. The Morgan fingerprint density at radius 3 is 2.39 bits per heavy atom. The van der Waals surface area contributed by atoms with Crippen molar-refractivity contribution in [2.75, 3.05) is 0 Å². The number of benzene rings is 5. The van der Waals surface area contributed by atoms with Gasteiger partial charge in [0.2, 0.25) is 6.29 Å². The Morgan fingerprint density at radius 2 is 1.63 bits per heavy atom. The third-order valence-electron chi connectivity index (χ3n) is 13.2. The predicted molar refractivity (Wildman–Crippen MR) is 255 cm³/mol. The van der Waals surface area contributed by atoms with Crippen molar-refractivity contribution in [2.45, 2.75) is 91.3 Å². The molecule has 1 aliphatic heterocycles. The van der Waals surface area contributed by atoms with Crippen molar-refractivity contribution in [1.82, 2.24) is 9.88 Å². The topological polar surface area (TPSA) is 29.3 Å². The predicted octanol–water partition coefficient (Wildman–Crippen LogP) is 15.2. The van der Waals surface area contributed by atoms with Crippen LogP contribution < -0.4 is 5.32 Å². The van der Waals surface area contributed by atoms with E-state index >= 15 is 0 Å². The summed E-state index contributed by atoms with van der Waals surface area (Å²) in [5, 5.41) is 10.7. The average Bonchev–Trinajstić information content (AvgIpc) is 3.62. The summed E-state index contributed by atoms with van der Waals surface area (Å²) in [6.45, 7) is 14.6. The summed E-state index contributed by atoms with van der Waals surface area (Å²) < 4.78 is 2.61. The van der Waals surface area contributed by atoms with Gasteiger partial charge in [-0.2, -0.15) is 0 Å². The first-order valence-corrected chi connectivity index (χ1v) is 22.0. The van der Waals surface area contributed by atoms with Gasteiger partial charge >= 0.3 is 0 Å². The van der Waals surface area contributed by atoms with Crippen molar-refractivity contribution >= 4 is 43.7 Å². The molecule has 2 aliphatic carbocycles. The lowest BCUT2D eigenvalue weighted by Gasteiger charge is -2.34. The molecule has 6 aromatic rings. The highest BCUT2D eigenvalue weighted by molar-refractivity contribution is 6.15. The van der Waals surface area contributed by atoms with Crippen LogP contribution in [0.5, 0.6) is 0 Å². The molecule has 2 atom stereocenters. The van der Waals surface area contributed by atoms with Gasteiger partial charge in [0.1, 0.15) is 0 Å². The van der Waals surface area contributed by atoms with Gasteiger partial charge in [-0.15, -0.1) is 6.58 Å². The van der Waals surface area contributed by atoms with E-state index in [0.717, 1.165) is 50.5 Å². The smallest absolute Gasteiger partial charge is 0.200 e. The molecule has 0 amide bonds. The van der Waals surface area contributed by atoms with Crippen molar-refractivity contribution in [1.29, 1.82) is 0 Å². The van der Waals surface area contributed by atoms with Gasteiger partial charge in [-0.3, -0.25) is 0 Å². The van der Waals surface area contributed by atoms with Crippen LogP contribution in [-0.4, -0.2) is 10.3 Å². The van der Waals surface area contributed by atoms with E-state index in [-0.39, 0.29) is 6.29 Å². The first kappa shape index (κ1) is 38.6. The van der Waals surface area contributed by atoms with Gasteiger partial charge in [0.05, 0.1) is 5.52 Å². The number of aromatic nitrogens is 1. The minimum Gasteiger partial charge on any atom is -0.349 e. The maximum Gasteiger partial charge on any atom is 0.200 e. The van der Waals surface area contributed by atoms with Crippen LogP contribution in [0.2, 0.25) is 0 Å². The van der Waals surface area contributed by atoms with E-state index in [2.05, 4.69) is 159 Å². The quantitative estimate of drug-likeness (QED) is 0.0793. The van der Waals surface area contributed by atoms with Crippen LogP contribution in [0.4, 0.5) is 0 Å². The molecule has 9 rings (SSSR count). The molecule has 0 spiro atoms. The minimum atomic E-state index is -0.184. The van der Waals surface area contributed by atoms with Crippen LogP contribution >= 0.6 is 0 Å².